The van der Waals surface area contributed by atoms with E-state index >= 15 is 0 Å². The van der Waals surface area contributed by atoms with Gasteiger partial charge in [-0.25, -0.2) is 0 Å². The Labute approximate surface area is 256 Å². The third-order valence-electron chi connectivity index (χ3n) is 8.44. The van der Waals surface area contributed by atoms with Crippen LogP contribution in [0.4, 0.5) is 26.3 Å². The van der Waals surface area contributed by atoms with Crippen LogP contribution in [0.5, 0.6) is 0 Å². The topological polar surface area (TPSA) is 60.9 Å². The van der Waals surface area contributed by atoms with Gasteiger partial charge in [-0.15, -0.1) is 0 Å². The van der Waals surface area contributed by atoms with E-state index in [1.54, 1.807) is 24.3 Å². The van der Waals surface area contributed by atoms with Crippen LogP contribution < -0.4 is 0 Å². The van der Waals surface area contributed by atoms with Crippen LogP contribution in [-0.2, 0) is 18.8 Å². The smallest absolute Gasteiger partial charge is 0.333 e. The molecule has 238 valence electrons. The molecule has 2 aliphatic rings. The number of alkyl halides is 6. The number of nitrogens with zero attached hydrogens (tertiary/aromatic N) is 3. The predicted molar refractivity (Wildman–Crippen MR) is 154 cm³/mol. The van der Waals surface area contributed by atoms with Gasteiger partial charge in [0, 0.05) is 37.8 Å². The van der Waals surface area contributed by atoms with Crippen molar-refractivity contribution < 1.29 is 40.7 Å². The number of hydrogen-bond donors (Lipinski definition) is 0. The second-order valence-electron chi connectivity index (χ2n) is 11.5. The molecule has 3 amide bonds. The first kappa shape index (κ1) is 32.2. The van der Waals surface area contributed by atoms with E-state index in [-0.39, 0.29) is 31.0 Å². The summed E-state index contributed by atoms with van der Waals surface area (Å²) in [6, 6.07) is 12.7. The van der Waals surface area contributed by atoms with Crippen LogP contribution in [-0.4, -0.2) is 71.2 Å². The predicted octanol–water partition coefficient (Wildman–Crippen LogP) is 6.40. The van der Waals surface area contributed by atoms with Gasteiger partial charge in [0.2, 0.25) is 0 Å². The molecular weight excluding hydrogens is 600 g/mol. The summed E-state index contributed by atoms with van der Waals surface area (Å²) >= 11 is 0. The molecule has 2 heterocycles. The fraction of sp³-hybridized carbons (Fsp3) is 0.364. The Morgan fingerprint density at radius 3 is 1.93 bits per heavy atom. The van der Waals surface area contributed by atoms with Crippen LogP contribution in [0.25, 0.3) is 0 Å². The van der Waals surface area contributed by atoms with Crippen LogP contribution in [0.15, 0.2) is 60.7 Å². The second-order valence-corrected chi connectivity index (χ2v) is 11.5. The molecule has 0 bridgehead atoms. The number of benzene rings is 3. The first-order chi connectivity index (χ1) is 21.1. The first-order valence-corrected chi connectivity index (χ1v) is 14.5. The normalized spacial score (nSPS) is 17.6. The van der Waals surface area contributed by atoms with Gasteiger partial charge in [-0.1, -0.05) is 30.3 Å². The van der Waals surface area contributed by atoms with Crippen LogP contribution in [0.2, 0.25) is 0 Å². The molecular formula is C33H31F6N3O3. The minimum absolute atomic E-state index is 0.00957. The Balaban J connectivity index is 1.35. The molecule has 0 saturated carbocycles. The van der Waals surface area contributed by atoms with Crippen molar-refractivity contribution in [3.05, 3.63) is 105 Å². The van der Waals surface area contributed by atoms with Crippen LogP contribution in [0, 0.1) is 13.8 Å². The molecule has 1 saturated heterocycles. The van der Waals surface area contributed by atoms with Gasteiger partial charge in [-0.3, -0.25) is 24.2 Å². The summed E-state index contributed by atoms with van der Waals surface area (Å²) in [4.78, 5) is 43.7. The molecule has 2 aliphatic heterocycles. The van der Waals surface area contributed by atoms with Gasteiger partial charge in [0.1, 0.15) is 0 Å². The van der Waals surface area contributed by atoms with Gasteiger partial charge in [0.15, 0.2) is 0 Å². The molecule has 3 aromatic carbocycles. The molecule has 45 heavy (non-hydrogen) atoms. The summed E-state index contributed by atoms with van der Waals surface area (Å²) in [5, 5.41) is 0. The van der Waals surface area contributed by atoms with E-state index in [0.717, 1.165) is 16.7 Å². The van der Waals surface area contributed by atoms with E-state index in [2.05, 4.69) is 0 Å². The van der Waals surface area contributed by atoms with Gasteiger partial charge < -0.3 is 4.90 Å². The number of hydrogen-bond acceptors (Lipinski definition) is 4. The number of piperazine rings is 1. The quantitative estimate of drug-likeness (QED) is 0.224. The molecule has 1 unspecified atom stereocenters. The third kappa shape index (κ3) is 6.90. The number of amides is 3. The van der Waals surface area contributed by atoms with Crippen LogP contribution >= 0.6 is 0 Å². The Morgan fingerprint density at radius 1 is 0.778 bits per heavy atom. The number of aryl methyl sites for hydroxylation is 2. The van der Waals surface area contributed by atoms with Crippen LogP contribution in [0.3, 0.4) is 0 Å². The molecule has 0 radical (unpaired) electrons. The summed E-state index contributed by atoms with van der Waals surface area (Å²) in [6.07, 6.45) is -9.38. The molecule has 3 aromatic rings. The standard InChI is InChI=1S/C33H31F6N3O3/c1-20-8-9-22(14-21(20)2)15-26-19-40(10-5-11-42-30(44)27-6-3-4-7-28(27)31(42)45)12-13-41(26)29(43)23-16-24(32(34,35)36)18-25(17-23)33(37,38)39/h3-4,6-9,14,16-18,26H,5,10-13,15,19H2,1-2H3. The highest BCUT2D eigenvalue weighted by molar-refractivity contribution is 6.21. The zero-order chi connectivity index (χ0) is 32.7. The molecule has 0 aliphatic carbocycles. The lowest BCUT2D eigenvalue weighted by Crippen LogP contribution is -2.56. The van der Waals surface area contributed by atoms with Crippen molar-refractivity contribution in [1.82, 2.24) is 14.7 Å². The zero-order valence-corrected chi connectivity index (χ0v) is 24.6. The monoisotopic (exact) mass is 631 g/mol. The average Bonchev–Trinajstić information content (AvgIpc) is 3.22. The lowest BCUT2D eigenvalue weighted by atomic mass is 9.97. The lowest BCUT2D eigenvalue weighted by molar-refractivity contribution is -0.143. The number of rotatable bonds is 7. The van der Waals surface area contributed by atoms with E-state index < -0.39 is 41.0 Å². The number of halogens is 6. The van der Waals surface area contributed by atoms with Gasteiger partial charge in [-0.2, -0.15) is 26.3 Å². The maximum absolute atomic E-state index is 13.6. The summed E-state index contributed by atoms with van der Waals surface area (Å²) in [5.41, 5.74) is -0.135. The van der Waals surface area contributed by atoms with Crippen LogP contribution in [0.1, 0.15) is 65.3 Å². The highest BCUT2D eigenvalue weighted by atomic mass is 19.4. The van der Waals surface area contributed by atoms with Crippen molar-refractivity contribution in [2.24, 2.45) is 0 Å². The fourth-order valence-corrected chi connectivity index (χ4v) is 5.91. The molecule has 0 aromatic heterocycles. The molecule has 6 nitrogen and oxygen atoms in total. The average molecular weight is 632 g/mol. The SMILES string of the molecule is Cc1ccc(CC2CN(CCCN3C(=O)c4ccccc4C3=O)CCN2C(=O)c2cc(C(F)(F)F)cc(C(F)(F)F)c2)cc1C. The molecule has 0 spiro atoms. The number of fused-ring (bicyclic) bond motifs is 1. The Bertz CT molecular complexity index is 1570. The minimum Gasteiger partial charge on any atom is -0.333 e. The van der Waals surface area contributed by atoms with E-state index in [0.29, 0.717) is 55.7 Å². The summed E-state index contributed by atoms with van der Waals surface area (Å²) in [6.45, 7) is 5.18. The molecule has 12 heteroatoms. The maximum atomic E-state index is 13.6. The van der Waals surface area contributed by atoms with Crippen molar-refractivity contribution in [3.8, 4) is 0 Å². The molecule has 1 atom stereocenters. The van der Waals surface area contributed by atoms with Crippen molar-refractivity contribution >= 4 is 17.7 Å². The zero-order valence-electron chi connectivity index (χ0n) is 24.6. The summed E-state index contributed by atoms with van der Waals surface area (Å²) < 4.78 is 81.2. The van der Waals surface area contributed by atoms with E-state index in [9.17, 15) is 40.7 Å². The Morgan fingerprint density at radius 2 is 1.38 bits per heavy atom. The molecule has 1 fully saturated rings. The van der Waals surface area contributed by atoms with E-state index in [1.807, 2.05) is 36.9 Å². The number of imide groups is 1. The fourth-order valence-electron chi connectivity index (χ4n) is 5.91. The highest BCUT2D eigenvalue weighted by Gasteiger charge is 2.39. The van der Waals surface area contributed by atoms with Crippen molar-refractivity contribution in [1.29, 1.82) is 0 Å². The number of carbonyl (C=O) groups is 3. The Kier molecular flexibility index (Phi) is 8.81. The Hall–Kier alpha value is -4.19. The van der Waals surface area contributed by atoms with Gasteiger partial charge in [-0.05, 0) is 80.3 Å². The van der Waals surface area contributed by atoms with Gasteiger partial charge >= 0.3 is 12.4 Å². The first-order valence-electron chi connectivity index (χ1n) is 14.5. The molecule has 5 rings (SSSR count). The molecule has 0 N–H and O–H groups in total. The van der Waals surface area contributed by atoms with Gasteiger partial charge in [0.05, 0.1) is 22.3 Å². The van der Waals surface area contributed by atoms with E-state index in [1.165, 1.54) is 9.80 Å². The second kappa shape index (κ2) is 12.3. The lowest BCUT2D eigenvalue weighted by Gasteiger charge is -2.42. The highest BCUT2D eigenvalue weighted by Crippen LogP contribution is 2.37. The van der Waals surface area contributed by atoms with Gasteiger partial charge in [0.25, 0.3) is 17.7 Å². The minimum atomic E-state index is -5.08. The number of carbonyl (C=O) groups excluding carboxylic acids is 3. The van der Waals surface area contributed by atoms with Crippen molar-refractivity contribution in [2.45, 2.75) is 45.1 Å². The largest absolute Gasteiger partial charge is 0.416 e. The summed E-state index contributed by atoms with van der Waals surface area (Å²) in [7, 11) is 0. The van der Waals surface area contributed by atoms with Crippen molar-refractivity contribution in [2.75, 3.05) is 32.7 Å². The summed E-state index contributed by atoms with van der Waals surface area (Å²) in [5.74, 6) is -1.64. The van der Waals surface area contributed by atoms with E-state index in [4.69, 9.17) is 0 Å². The van der Waals surface area contributed by atoms with Crippen molar-refractivity contribution in [3.63, 3.8) is 0 Å². The third-order valence-corrected chi connectivity index (χ3v) is 8.44. The maximum Gasteiger partial charge on any atom is 0.416 e.